The molecule has 0 saturated heterocycles. The first-order valence-corrected chi connectivity index (χ1v) is 14.4. The third kappa shape index (κ3) is 17.2. The maximum absolute atomic E-state index is 5.32. The van der Waals surface area contributed by atoms with Gasteiger partial charge in [0, 0.05) is 0 Å². The van der Waals surface area contributed by atoms with Crippen LogP contribution in [0.2, 0.25) is 0 Å². The summed E-state index contributed by atoms with van der Waals surface area (Å²) in [5.74, 6) is 2.99. The Morgan fingerprint density at radius 2 is 1.20 bits per heavy atom. The molecule has 0 heterocycles. The summed E-state index contributed by atoms with van der Waals surface area (Å²) in [6.07, 6.45) is 9.01. The zero-order chi connectivity index (χ0) is 27.5. The van der Waals surface area contributed by atoms with Crippen molar-refractivity contribution in [2.45, 2.75) is 126 Å². The van der Waals surface area contributed by atoms with Crippen LogP contribution >= 0.6 is 0 Å². The molecule has 0 aliphatic heterocycles. The lowest BCUT2D eigenvalue weighted by atomic mass is 9.92. The number of hydrogen-bond acceptors (Lipinski definition) is 2. The molecule has 35 heavy (non-hydrogen) atoms. The Balaban J connectivity index is -0.000000488. The van der Waals surface area contributed by atoms with E-state index < -0.39 is 0 Å². The van der Waals surface area contributed by atoms with Gasteiger partial charge in [0.2, 0.25) is 0 Å². The van der Waals surface area contributed by atoms with E-state index in [1.165, 1.54) is 56.1 Å². The lowest BCUT2D eigenvalue weighted by molar-refractivity contribution is 0.354. The summed E-state index contributed by atoms with van der Waals surface area (Å²) in [4.78, 5) is 0. The average molecular weight is 489 g/mol. The Bertz CT molecular complexity index is 651. The summed E-state index contributed by atoms with van der Waals surface area (Å²) in [6.45, 7) is 21.0. The van der Waals surface area contributed by atoms with Crippen LogP contribution < -0.4 is 9.47 Å². The zero-order valence-electron chi connectivity index (χ0n) is 25.5. The molecule has 0 radical (unpaired) electrons. The number of unbranched alkanes of at least 4 members (excludes halogenated alkanes) is 2. The van der Waals surface area contributed by atoms with Crippen molar-refractivity contribution in [2.24, 2.45) is 0 Å². The van der Waals surface area contributed by atoms with Gasteiger partial charge in [-0.1, -0.05) is 131 Å². The second-order valence-corrected chi connectivity index (χ2v) is 7.82. The minimum atomic E-state index is 0.629. The van der Waals surface area contributed by atoms with Crippen molar-refractivity contribution in [1.29, 1.82) is 0 Å². The van der Waals surface area contributed by atoms with Gasteiger partial charge in [-0.25, -0.2) is 0 Å². The van der Waals surface area contributed by atoms with Crippen molar-refractivity contribution in [3.63, 3.8) is 0 Å². The fourth-order valence-electron chi connectivity index (χ4n) is 3.71. The standard InChI is InChI=1S/C14H22O2.C13H20.3C2H6/c1-5-7-11(6-2)12-8-9-13(15-3)14(10-12)16-4;1-3-4-6-9-12(2)13-10-7-5-8-11-13;3*1-2/h8-11H,5-7H2,1-4H3;5,7-8,10-12H,3-4,6,9H2,1-2H3;3*1-2H3. The van der Waals surface area contributed by atoms with Crippen LogP contribution in [0.4, 0.5) is 0 Å². The Morgan fingerprint density at radius 3 is 1.66 bits per heavy atom. The average Bonchev–Trinajstić information content (AvgIpc) is 2.95. The Kier molecular flexibility index (Phi) is 30.4. The lowest BCUT2D eigenvalue weighted by Gasteiger charge is -2.16. The van der Waals surface area contributed by atoms with Gasteiger partial charge in [0.15, 0.2) is 11.5 Å². The zero-order valence-corrected chi connectivity index (χ0v) is 25.5. The Labute approximate surface area is 220 Å². The number of rotatable bonds is 11. The largest absolute Gasteiger partial charge is 0.493 e. The van der Waals surface area contributed by atoms with Gasteiger partial charge in [-0.3, -0.25) is 0 Å². The van der Waals surface area contributed by atoms with Crippen molar-refractivity contribution in [3.8, 4) is 11.5 Å². The molecule has 204 valence electrons. The highest BCUT2D eigenvalue weighted by Gasteiger charge is 2.11. The molecule has 2 aromatic rings. The first-order chi connectivity index (χ1) is 17.1. The van der Waals surface area contributed by atoms with Gasteiger partial charge in [-0.2, -0.15) is 0 Å². The topological polar surface area (TPSA) is 18.5 Å². The molecule has 2 heteroatoms. The van der Waals surface area contributed by atoms with Crippen molar-refractivity contribution in [1.82, 2.24) is 0 Å². The summed E-state index contributed by atoms with van der Waals surface area (Å²) < 4.78 is 10.6. The van der Waals surface area contributed by atoms with Crippen molar-refractivity contribution in [3.05, 3.63) is 59.7 Å². The second-order valence-electron chi connectivity index (χ2n) is 7.82. The van der Waals surface area contributed by atoms with Crippen molar-refractivity contribution >= 4 is 0 Å². The van der Waals surface area contributed by atoms with E-state index in [1.807, 2.05) is 47.6 Å². The molecular formula is C33H60O2. The molecule has 2 aromatic carbocycles. The van der Waals surface area contributed by atoms with E-state index in [9.17, 15) is 0 Å². The molecular weight excluding hydrogens is 428 g/mol. The Hall–Kier alpha value is -1.96. The number of hydrogen-bond donors (Lipinski definition) is 0. The highest BCUT2D eigenvalue weighted by Crippen LogP contribution is 2.33. The molecule has 2 rings (SSSR count). The fraction of sp³-hybridized carbons (Fsp3) is 0.636. The van der Waals surface area contributed by atoms with Crippen LogP contribution in [0.15, 0.2) is 48.5 Å². The normalized spacial score (nSPS) is 10.9. The number of ether oxygens (including phenoxy) is 2. The maximum Gasteiger partial charge on any atom is 0.160 e. The molecule has 2 nitrogen and oxygen atoms in total. The predicted octanol–water partition coefficient (Wildman–Crippen LogP) is 11.4. The Morgan fingerprint density at radius 1 is 0.629 bits per heavy atom. The molecule has 0 amide bonds. The van der Waals surface area contributed by atoms with Crippen LogP contribution in [0.5, 0.6) is 11.5 Å². The maximum atomic E-state index is 5.32. The van der Waals surface area contributed by atoms with Crippen LogP contribution in [0.3, 0.4) is 0 Å². The number of methoxy groups -OCH3 is 2. The smallest absolute Gasteiger partial charge is 0.160 e. The van der Waals surface area contributed by atoms with Crippen molar-refractivity contribution < 1.29 is 9.47 Å². The highest BCUT2D eigenvalue weighted by atomic mass is 16.5. The van der Waals surface area contributed by atoms with Crippen LogP contribution in [0, 0.1) is 0 Å². The first kappa shape index (κ1) is 37.6. The summed E-state index contributed by atoms with van der Waals surface area (Å²) >= 11 is 0. The van der Waals surface area contributed by atoms with E-state index in [0.29, 0.717) is 5.92 Å². The quantitative estimate of drug-likeness (QED) is 0.293. The summed E-state index contributed by atoms with van der Waals surface area (Å²) in [5.41, 5.74) is 2.83. The highest BCUT2D eigenvalue weighted by molar-refractivity contribution is 5.43. The van der Waals surface area contributed by atoms with Gasteiger partial charge in [-0.05, 0) is 54.4 Å². The molecule has 0 fully saturated rings. The molecule has 2 unspecified atom stereocenters. The summed E-state index contributed by atoms with van der Waals surface area (Å²) in [5, 5.41) is 0. The third-order valence-electron chi connectivity index (χ3n) is 5.62. The third-order valence-corrected chi connectivity index (χ3v) is 5.62. The van der Waals surface area contributed by atoms with Gasteiger partial charge in [0.1, 0.15) is 0 Å². The van der Waals surface area contributed by atoms with Crippen LogP contribution in [0.1, 0.15) is 137 Å². The predicted molar refractivity (Wildman–Crippen MR) is 161 cm³/mol. The van der Waals surface area contributed by atoms with Gasteiger partial charge >= 0.3 is 0 Å². The molecule has 2 atom stereocenters. The summed E-state index contributed by atoms with van der Waals surface area (Å²) in [6, 6.07) is 17.0. The SMILES string of the molecule is CC.CC.CC.CCCC(CC)c1ccc(OC)c(OC)c1.CCCCCC(C)c1ccccc1. The van der Waals surface area contributed by atoms with Gasteiger partial charge in [0.25, 0.3) is 0 Å². The van der Waals surface area contributed by atoms with E-state index in [4.69, 9.17) is 9.47 Å². The van der Waals surface area contributed by atoms with Gasteiger partial charge in [-0.15, -0.1) is 0 Å². The molecule has 0 N–H and O–H groups in total. The molecule has 0 aliphatic rings. The fourth-order valence-corrected chi connectivity index (χ4v) is 3.71. The molecule has 0 bridgehead atoms. The number of benzene rings is 2. The van der Waals surface area contributed by atoms with E-state index >= 15 is 0 Å². The lowest BCUT2D eigenvalue weighted by Crippen LogP contribution is -1.98. The van der Waals surface area contributed by atoms with Gasteiger partial charge < -0.3 is 9.47 Å². The van der Waals surface area contributed by atoms with E-state index in [2.05, 4.69) is 70.2 Å². The van der Waals surface area contributed by atoms with Crippen LogP contribution in [0.25, 0.3) is 0 Å². The van der Waals surface area contributed by atoms with E-state index in [0.717, 1.165) is 17.4 Å². The van der Waals surface area contributed by atoms with Gasteiger partial charge in [0.05, 0.1) is 14.2 Å². The molecule has 0 aromatic heterocycles. The van der Waals surface area contributed by atoms with E-state index in [-0.39, 0.29) is 0 Å². The van der Waals surface area contributed by atoms with Crippen LogP contribution in [-0.4, -0.2) is 14.2 Å². The van der Waals surface area contributed by atoms with E-state index in [1.54, 1.807) is 14.2 Å². The monoisotopic (exact) mass is 488 g/mol. The molecule has 0 aliphatic carbocycles. The molecule has 0 saturated carbocycles. The summed E-state index contributed by atoms with van der Waals surface area (Å²) in [7, 11) is 3.35. The minimum Gasteiger partial charge on any atom is -0.493 e. The minimum absolute atomic E-state index is 0.629. The first-order valence-electron chi connectivity index (χ1n) is 14.4. The molecule has 0 spiro atoms. The van der Waals surface area contributed by atoms with Crippen LogP contribution in [-0.2, 0) is 0 Å². The van der Waals surface area contributed by atoms with Crippen molar-refractivity contribution in [2.75, 3.05) is 14.2 Å². The second kappa shape index (κ2) is 28.3.